The van der Waals surface area contributed by atoms with Gasteiger partial charge in [-0.05, 0) is 53.8 Å². The number of hydrogen-bond acceptors (Lipinski definition) is 3. The minimum atomic E-state index is -0.275. The number of hydrogen-bond donors (Lipinski definition) is 2. The molecule has 1 aromatic rings. The topological polar surface area (TPSA) is 50.4 Å². The molecular weight excluding hydrogens is 331 g/mol. The zero-order valence-electron chi connectivity index (χ0n) is 9.57. The lowest BCUT2D eigenvalue weighted by molar-refractivity contribution is -0.123. The lowest BCUT2D eigenvalue weighted by Gasteiger charge is -2.29. The predicted molar refractivity (Wildman–Crippen MR) is 75.0 cm³/mol. The van der Waals surface area contributed by atoms with Crippen molar-refractivity contribution in [3.05, 3.63) is 27.8 Å². The van der Waals surface area contributed by atoms with Crippen molar-refractivity contribution in [2.24, 2.45) is 0 Å². The first kappa shape index (κ1) is 12.8. The van der Waals surface area contributed by atoms with E-state index >= 15 is 0 Å². The molecule has 0 radical (unpaired) electrons. The summed E-state index contributed by atoms with van der Waals surface area (Å²) in [6.07, 6.45) is -0.0902. The van der Waals surface area contributed by atoms with Crippen LogP contribution in [0.25, 0.3) is 0 Å². The van der Waals surface area contributed by atoms with Crippen LogP contribution in [0.2, 0.25) is 0 Å². The highest BCUT2D eigenvalue weighted by Gasteiger charge is 2.28. The summed E-state index contributed by atoms with van der Waals surface area (Å²) in [5.74, 6) is -0.0431. The molecule has 0 saturated carbocycles. The Labute approximate surface area is 114 Å². The molecule has 2 atom stereocenters. The largest absolute Gasteiger partial charge is 0.375 e. The van der Waals surface area contributed by atoms with Crippen LogP contribution in [-0.4, -0.2) is 31.2 Å². The second-order valence-electron chi connectivity index (χ2n) is 4.00. The van der Waals surface area contributed by atoms with Gasteiger partial charge >= 0.3 is 0 Å². The second kappa shape index (κ2) is 5.79. The standard InChI is InChI=1S/C12H15IN2O2/c1-8-11(14-6-7-17-8)12(16)15-10-4-2-9(13)3-5-10/h2-5,8,11,14H,6-7H2,1H3,(H,15,16)/t8-,11+/m1/s1. The van der Waals surface area contributed by atoms with Gasteiger partial charge in [-0.25, -0.2) is 0 Å². The van der Waals surface area contributed by atoms with Gasteiger partial charge in [-0.2, -0.15) is 0 Å². The molecule has 1 fully saturated rings. The molecule has 0 spiro atoms. The Kier molecular flexibility index (Phi) is 4.36. The summed E-state index contributed by atoms with van der Waals surface area (Å²) < 4.78 is 6.59. The van der Waals surface area contributed by atoms with E-state index in [1.165, 1.54) is 0 Å². The van der Waals surface area contributed by atoms with E-state index in [0.717, 1.165) is 15.8 Å². The van der Waals surface area contributed by atoms with E-state index in [1.807, 2.05) is 31.2 Å². The molecule has 4 nitrogen and oxygen atoms in total. The molecule has 1 aliphatic rings. The van der Waals surface area contributed by atoms with Crippen molar-refractivity contribution in [1.82, 2.24) is 5.32 Å². The monoisotopic (exact) mass is 346 g/mol. The minimum absolute atomic E-state index is 0.0431. The number of ether oxygens (including phenoxy) is 1. The normalized spacial score (nSPS) is 24.4. The van der Waals surface area contributed by atoms with Crippen LogP contribution < -0.4 is 10.6 Å². The second-order valence-corrected chi connectivity index (χ2v) is 5.25. The number of anilines is 1. The quantitative estimate of drug-likeness (QED) is 0.800. The number of benzene rings is 1. The highest BCUT2D eigenvalue weighted by molar-refractivity contribution is 14.1. The van der Waals surface area contributed by atoms with Crippen molar-refractivity contribution in [2.75, 3.05) is 18.5 Å². The van der Waals surface area contributed by atoms with Crippen molar-refractivity contribution in [1.29, 1.82) is 0 Å². The molecule has 1 saturated heterocycles. The summed E-state index contributed by atoms with van der Waals surface area (Å²) in [5.41, 5.74) is 0.815. The lowest BCUT2D eigenvalue weighted by atomic mass is 10.1. The molecule has 1 aromatic carbocycles. The minimum Gasteiger partial charge on any atom is -0.375 e. The first-order chi connectivity index (χ1) is 8.16. The van der Waals surface area contributed by atoms with Crippen molar-refractivity contribution >= 4 is 34.2 Å². The van der Waals surface area contributed by atoms with Gasteiger partial charge in [0.25, 0.3) is 0 Å². The maximum absolute atomic E-state index is 12.0. The summed E-state index contributed by atoms with van der Waals surface area (Å²) in [5, 5.41) is 6.05. The zero-order chi connectivity index (χ0) is 12.3. The first-order valence-corrected chi connectivity index (χ1v) is 6.66. The van der Waals surface area contributed by atoms with Gasteiger partial charge in [0, 0.05) is 15.8 Å². The SMILES string of the molecule is C[C@H]1OCCN[C@@H]1C(=O)Nc1ccc(I)cc1. The van der Waals surface area contributed by atoms with Gasteiger partial charge in [0.1, 0.15) is 6.04 Å². The summed E-state index contributed by atoms with van der Waals surface area (Å²) in [4.78, 5) is 12.0. The van der Waals surface area contributed by atoms with Gasteiger partial charge in [0.05, 0.1) is 12.7 Å². The molecule has 0 bridgehead atoms. The van der Waals surface area contributed by atoms with E-state index in [-0.39, 0.29) is 18.1 Å². The fraction of sp³-hybridized carbons (Fsp3) is 0.417. The van der Waals surface area contributed by atoms with Crippen LogP contribution in [0.1, 0.15) is 6.92 Å². The Morgan fingerprint density at radius 1 is 1.47 bits per heavy atom. The zero-order valence-corrected chi connectivity index (χ0v) is 11.7. The predicted octanol–water partition coefficient (Wildman–Crippen LogP) is 1.61. The number of carbonyl (C=O) groups is 1. The number of amides is 1. The Bertz CT molecular complexity index is 394. The highest BCUT2D eigenvalue weighted by Crippen LogP contribution is 2.13. The van der Waals surface area contributed by atoms with Gasteiger partial charge in [-0.1, -0.05) is 0 Å². The van der Waals surface area contributed by atoms with E-state index in [0.29, 0.717) is 6.61 Å². The highest BCUT2D eigenvalue weighted by atomic mass is 127. The molecule has 1 heterocycles. The summed E-state index contributed by atoms with van der Waals surface area (Å²) in [7, 11) is 0. The molecular formula is C12H15IN2O2. The van der Waals surface area contributed by atoms with E-state index in [2.05, 4.69) is 33.2 Å². The molecule has 1 aliphatic heterocycles. The van der Waals surface area contributed by atoms with Gasteiger partial charge in [0.15, 0.2) is 0 Å². The number of nitrogens with one attached hydrogen (secondary N) is 2. The molecule has 5 heteroatoms. The molecule has 2 rings (SSSR count). The third-order valence-corrected chi connectivity index (χ3v) is 3.43. The van der Waals surface area contributed by atoms with Gasteiger partial charge in [-0.15, -0.1) is 0 Å². The molecule has 1 amide bonds. The van der Waals surface area contributed by atoms with Gasteiger partial charge in [-0.3, -0.25) is 4.79 Å². The van der Waals surface area contributed by atoms with Crippen LogP contribution in [-0.2, 0) is 9.53 Å². The third-order valence-electron chi connectivity index (χ3n) is 2.71. The van der Waals surface area contributed by atoms with Crippen LogP contribution in [0, 0.1) is 3.57 Å². The van der Waals surface area contributed by atoms with Gasteiger partial charge < -0.3 is 15.4 Å². The number of rotatable bonds is 2. The first-order valence-electron chi connectivity index (χ1n) is 5.58. The Balaban J connectivity index is 1.98. The fourth-order valence-corrected chi connectivity index (χ4v) is 2.14. The van der Waals surface area contributed by atoms with E-state index in [1.54, 1.807) is 0 Å². The van der Waals surface area contributed by atoms with E-state index in [4.69, 9.17) is 4.74 Å². The smallest absolute Gasteiger partial charge is 0.244 e. The number of halogens is 1. The third kappa shape index (κ3) is 3.40. The Hall–Kier alpha value is -0.660. The Morgan fingerprint density at radius 2 is 2.18 bits per heavy atom. The van der Waals surface area contributed by atoms with Crippen LogP contribution >= 0.6 is 22.6 Å². The molecule has 92 valence electrons. The summed E-state index contributed by atoms with van der Waals surface area (Å²) >= 11 is 2.23. The molecule has 17 heavy (non-hydrogen) atoms. The van der Waals surface area contributed by atoms with E-state index < -0.39 is 0 Å². The average molecular weight is 346 g/mol. The van der Waals surface area contributed by atoms with Crippen molar-refractivity contribution in [3.63, 3.8) is 0 Å². The molecule has 0 aliphatic carbocycles. The molecule has 0 unspecified atom stereocenters. The van der Waals surface area contributed by atoms with Crippen molar-refractivity contribution in [3.8, 4) is 0 Å². The van der Waals surface area contributed by atoms with Crippen LogP contribution in [0.5, 0.6) is 0 Å². The maximum Gasteiger partial charge on any atom is 0.244 e. The number of morpholine rings is 1. The Morgan fingerprint density at radius 3 is 2.82 bits per heavy atom. The van der Waals surface area contributed by atoms with Gasteiger partial charge in [0.2, 0.25) is 5.91 Å². The molecule has 0 aromatic heterocycles. The van der Waals surface area contributed by atoms with Crippen LogP contribution in [0.3, 0.4) is 0 Å². The van der Waals surface area contributed by atoms with E-state index in [9.17, 15) is 4.79 Å². The van der Waals surface area contributed by atoms with Crippen molar-refractivity contribution in [2.45, 2.75) is 19.1 Å². The maximum atomic E-state index is 12.0. The summed E-state index contributed by atoms with van der Waals surface area (Å²) in [6, 6.07) is 7.44. The lowest BCUT2D eigenvalue weighted by Crippen LogP contribution is -2.53. The fourth-order valence-electron chi connectivity index (χ4n) is 1.78. The van der Waals surface area contributed by atoms with Crippen molar-refractivity contribution < 1.29 is 9.53 Å². The van der Waals surface area contributed by atoms with Crippen LogP contribution in [0.4, 0.5) is 5.69 Å². The number of carbonyl (C=O) groups excluding carboxylic acids is 1. The van der Waals surface area contributed by atoms with Crippen LogP contribution in [0.15, 0.2) is 24.3 Å². The average Bonchev–Trinajstić information content (AvgIpc) is 2.32. The molecule has 2 N–H and O–H groups in total. The summed E-state index contributed by atoms with van der Waals surface area (Å²) in [6.45, 7) is 3.29.